The van der Waals surface area contributed by atoms with Crippen LogP contribution in [0.5, 0.6) is 0 Å². The fraction of sp³-hybridized carbons (Fsp3) is 0.150. The van der Waals surface area contributed by atoms with Crippen molar-refractivity contribution in [3.8, 4) is 5.69 Å². The average Bonchev–Trinajstić information content (AvgIpc) is 3.30. The van der Waals surface area contributed by atoms with Crippen LogP contribution in [0.25, 0.3) is 15.8 Å². The highest BCUT2D eigenvalue weighted by Crippen LogP contribution is 2.26. The van der Waals surface area contributed by atoms with Gasteiger partial charge >= 0.3 is 0 Å². The molecule has 0 aliphatic carbocycles. The minimum absolute atomic E-state index is 0.277. The quantitative estimate of drug-likeness (QED) is 0.561. The highest BCUT2D eigenvalue weighted by Gasteiger charge is 2.09. The molecule has 24 heavy (non-hydrogen) atoms. The van der Waals surface area contributed by atoms with E-state index in [0.29, 0.717) is 0 Å². The Morgan fingerprint density at radius 2 is 2.04 bits per heavy atom. The molecular formula is C20H19N3S. The summed E-state index contributed by atoms with van der Waals surface area (Å²) < 4.78 is 3.24. The summed E-state index contributed by atoms with van der Waals surface area (Å²) in [6.07, 6.45) is 3.77. The molecule has 0 unspecified atom stereocenters. The van der Waals surface area contributed by atoms with E-state index in [1.165, 1.54) is 21.2 Å². The molecule has 0 spiro atoms. The zero-order valence-electron chi connectivity index (χ0n) is 13.5. The van der Waals surface area contributed by atoms with Crippen LogP contribution in [0.3, 0.4) is 0 Å². The molecule has 2 aromatic heterocycles. The summed E-state index contributed by atoms with van der Waals surface area (Å²) in [5, 5.41) is 11.6. The molecule has 0 saturated carbocycles. The van der Waals surface area contributed by atoms with E-state index in [0.717, 1.165) is 12.2 Å². The molecule has 0 radical (unpaired) electrons. The number of aromatic nitrogens is 2. The molecule has 3 nitrogen and oxygen atoms in total. The fourth-order valence-electron chi connectivity index (χ4n) is 2.91. The van der Waals surface area contributed by atoms with Crippen LogP contribution in [0.15, 0.2) is 72.4 Å². The van der Waals surface area contributed by atoms with Gasteiger partial charge in [-0.1, -0.05) is 30.3 Å². The molecule has 0 aliphatic rings. The van der Waals surface area contributed by atoms with Crippen molar-refractivity contribution in [2.45, 2.75) is 19.5 Å². The maximum absolute atomic E-state index is 4.31. The number of rotatable bonds is 5. The van der Waals surface area contributed by atoms with Gasteiger partial charge in [0.05, 0.1) is 5.69 Å². The van der Waals surface area contributed by atoms with Crippen LogP contribution in [-0.2, 0) is 6.54 Å². The molecule has 0 fully saturated rings. The van der Waals surface area contributed by atoms with Crippen molar-refractivity contribution in [3.63, 3.8) is 0 Å². The molecule has 4 rings (SSSR count). The maximum Gasteiger partial charge on any atom is 0.0648 e. The average molecular weight is 333 g/mol. The van der Waals surface area contributed by atoms with Crippen LogP contribution in [0.1, 0.15) is 24.1 Å². The van der Waals surface area contributed by atoms with Gasteiger partial charge in [0.2, 0.25) is 0 Å². The second-order valence-corrected chi connectivity index (χ2v) is 6.82. The largest absolute Gasteiger partial charge is 0.306 e. The van der Waals surface area contributed by atoms with Crippen molar-refractivity contribution in [1.82, 2.24) is 15.1 Å². The first-order valence-corrected chi connectivity index (χ1v) is 8.98. The van der Waals surface area contributed by atoms with Gasteiger partial charge in [-0.15, -0.1) is 11.3 Å². The van der Waals surface area contributed by atoms with Crippen molar-refractivity contribution in [2.75, 3.05) is 0 Å². The fourth-order valence-corrected chi connectivity index (χ4v) is 3.87. The molecule has 1 atom stereocenters. The summed E-state index contributed by atoms with van der Waals surface area (Å²) in [6.45, 7) is 3.08. The van der Waals surface area contributed by atoms with Gasteiger partial charge in [-0.3, -0.25) is 0 Å². The van der Waals surface area contributed by atoms with Gasteiger partial charge in [0.1, 0.15) is 0 Å². The predicted octanol–water partition coefficient (Wildman–Crippen LogP) is 4.94. The van der Waals surface area contributed by atoms with Crippen LogP contribution < -0.4 is 5.32 Å². The lowest BCUT2D eigenvalue weighted by Gasteiger charge is -2.15. The van der Waals surface area contributed by atoms with Gasteiger partial charge in [-0.05, 0) is 53.1 Å². The molecular weight excluding hydrogens is 314 g/mol. The third-order valence-electron chi connectivity index (χ3n) is 4.30. The minimum Gasteiger partial charge on any atom is -0.306 e. The van der Waals surface area contributed by atoms with E-state index < -0.39 is 0 Å². The first kappa shape index (κ1) is 15.1. The van der Waals surface area contributed by atoms with E-state index in [2.05, 4.69) is 71.3 Å². The number of hydrogen-bond donors (Lipinski definition) is 1. The number of nitrogens with zero attached hydrogens (tertiary/aromatic N) is 2. The van der Waals surface area contributed by atoms with Crippen molar-refractivity contribution >= 4 is 21.4 Å². The first-order valence-electron chi connectivity index (χ1n) is 8.10. The molecule has 0 amide bonds. The number of fused-ring (bicyclic) bond motifs is 1. The third-order valence-corrected chi connectivity index (χ3v) is 5.31. The smallest absolute Gasteiger partial charge is 0.0648 e. The predicted molar refractivity (Wildman–Crippen MR) is 101 cm³/mol. The summed E-state index contributed by atoms with van der Waals surface area (Å²) in [6, 6.07) is 19.3. The van der Waals surface area contributed by atoms with Crippen molar-refractivity contribution in [1.29, 1.82) is 0 Å². The molecule has 120 valence electrons. The molecule has 4 aromatic rings. The molecule has 0 aliphatic heterocycles. The Morgan fingerprint density at radius 1 is 1.12 bits per heavy atom. The Bertz CT molecular complexity index is 940. The van der Waals surface area contributed by atoms with Crippen LogP contribution in [0.4, 0.5) is 0 Å². The Hall–Kier alpha value is -2.43. The second kappa shape index (κ2) is 6.59. The summed E-state index contributed by atoms with van der Waals surface area (Å²) in [7, 11) is 0. The SMILES string of the molecule is C[C@@H](NCc1csc2ccccc12)c1cccc(-n2cccn2)c1. The van der Waals surface area contributed by atoms with Crippen LogP contribution >= 0.6 is 11.3 Å². The first-order chi connectivity index (χ1) is 11.8. The molecule has 2 aromatic carbocycles. The Kier molecular flexibility index (Phi) is 4.15. The number of benzene rings is 2. The molecule has 2 heterocycles. The Morgan fingerprint density at radius 3 is 2.92 bits per heavy atom. The van der Waals surface area contributed by atoms with Crippen molar-refractivity contribution in [2.24, 2.45) is 0 Å². The van der Waals surface area contributed by atoms with Gasteiger partial charge in [0, 0.05) is 29.7 Å². The topological polar surface area (TPSA) is 29.9 Å². The summed E-state index contributed by atoms with van der Waals surface area (Å²) >= 11 is 1.81. The molecule has 0 bridgehead atoms. The van der Waals surface area contributed by atoms with Crippen molar-refractivity contribution < 1.29 is 0 Å². The van der Waals surface area contributed by atoms with Crippen LogP contribution in [-0.4, -0.2) is 9.78 Å². The van der Waals surface area contributed by atoms with Gasteiger partial charge in [-0.25, -0.2) is 4.68 Å². The van der Waals surface area contributed by atoms with Crippen molar-refractivity contribution in [3.05, 3.63) is 83.5 Å². The van der Waals surface area contributed by atoms with Gasteiger partial charge in [0.15, 0.2) is 0 Å². The van der Waals surface area contributed by atoms with Crippen LogP contribution in [0.2, 0.25) is 0 Å². The zero-order chi connectivity index (χ0) is 16.4. The second-order valence-electron chi connectivity index (χ2n) is 5.91. The van der Waals surface area contributed by atoms with Crippen LogP contribution in [0, 0.1) is 0 Å². The summed E-state index contributed by atoms with van der Waals surface area (Å²) in [4.78, 5) is 0. The Labute approximate surface area is 145 Å². The van der Waals surface area contributed by atoms with Gasteiger partial charge in [-0.2, -0.15) is 5.10 Å². The molecule has 0 saturated heterocycles. The minimum atomic E-state index is 0.277. The molecule has 1 N–H and O–H groups in total. The monoisotopic (exact) mass is 333 g/mol. The van der Waals surface area contributed by atoms with E-state index in [4.69, 9.17) is 0 Å². The summed E-state index contributed by atoms with van der Waals surface area (Å²) in [5.41, 5.74) is 3.72. The number of hydrogen-bond acceptors (Lipinski definition) is 3. The van der Waals surface area contributed by atoms with E-state index in [9.17, 15) is 0 Å². The third kappa shape index (κ3) is 2.98. The lowest BCUT2D eigenvalue weighted by molar-refractivity contribution is 0.576. The normalized spacial score (nSPS) is 12.5. The number of nitrogens with one attached hydrogen (secondary N) is 1. The summed E-state index contributed by atoms with van der Waals surface area (Å²) in [5.74, 6) is 0. The van der Waals surface area contributed by atoms with E-state index in [1.807, 2.05) is 28.3 Å². The lowest BCUT2D eigenvalue weighted by atomic mass is 10.1. The van der Waals surface area contributed by atoms with Gasteiger partial charge < -0.3 is 5.32 Å². The highest BCUT2D eigenvalue weighted by atomic mass is 32.1. The highest BCUT2D eigenvalue weighted by molar-refractivity contribution is 7.17. The molecule has 4 heteroatoms. The zero-order valence-corrected chi connectivity index (χ0v) is 14.3. The van der Waals surface area contributed by atoms with E-state index in [-0.39, 0.29) is 6.04 Å². The maximum atomic E-state index is 4.31. The number of thiophene rings is 1. The standard InChI is InChI=1S/C20H19N3S/c1-15(16-6-4-7-18(12-16)23-11-5-10-22-23)21-13-17-14-24-20-9-3-2-8-19(17)20/h2-12,14-15,21H,13H2,1H3/t15-/m1/s1. The Balaban J connectivity index is 1.50. The lowest BCUT2D eigenvalue weighted by Crippen LogP contribution is -2.18. The van der Waals surface area contributed by atoms with Gasteiger partial charge in [0.25, 0.3) is 0 Å². The van der Waals surface area contributed by atoms with E-state index >= 15 is 0 Å². The van der Waals surface area contributed by atoms with E-state index in [1.54, 1.807) is 6.20 Å².